The highest BCUT2D eigenvalue weighted by atomic mass is 19.1. The predicted molar refractivity (Wildman–Crippen MR) is 125 cm³/mol. The minimum atomic E-state index is -0.410. The number of nitrogens with one attached hydrogen (secondary N) is 1. The van der Waals surface area contributed by atoms with Gasteiger partial charge in [-0.2, -0.15) is 0 Å². The molecule has 0 aliphatic carbocycles. The number of rotatable bonds is 9. The van der Waals surface area contributed by atoms with E-state index in [1.54, 1.807) is 48.5 Å². The lowest BCUT2D eigenvalue weighted by molar-refractivity contribution is -0.125. The van der Waals surface area contributed by atoms with Crippen LogP contribution in [0.5, 0.6) is 17.2 Å². The molecule has 35 heavy (non-hydrogen) atoms. The second kappa shape index (κ2) is 10.7. The van der Waals surface area contributed by atoms with Gasteiger partial charge in [-0.3, -0.25) is 19.3 Å². The first-order valence-corrected chi connectivity index (χ1v) is 10.8. The molecule has 2 amide bonds. The maximum Gasteiger partial charge on any atom is 0.265 e. The highest BCUT2D eigenvalue weighted by Gasteiger charge is 2.28. The Kier molecular flexibility index (Phi) is 7.25. The highest BCUT2D eigenvalue weighted by molar-refractivity contribution is 6.04. The highest BCUT2D eigenvalue weighted by Crippen LogP contribution is 2.33. The molecular formula is C26H23FN2O6. The number of ketones is 1. The van der Waals surface area contributed by atoms with E-state index in [0.717, 1.165) is 5.56 Å². The average molecular weight is 478 g/mol. The van der Waals surface area contributed by atoms with Gasteiger partial charge < -0.3 is 19.5 Å². The minimum absolute atomic E-state index is 0.185. The summed E-state index contributed by atoms with van der Waals surface area (Å²) in [5.41, 5.74) is 1.35. The largest absolute Gasteiger partial charge is 0.497 e. The summed E-state index contributed by atoms with van der Waals surface area (Å²) in [6, 6.07) is 17.3. The molecule has 0 unspecified atom stereocenters. The number of methoxy groups -OCH3 is 1. The second-order valence-electron chi connectivity index (χ2n) is 7.75. The van der Waals surface area contributed by atoms with Crippen LogP contribution in [-0.4, -0.2) is 44.5 Å². The van der Waals surface area contributed by atoms with Gasteiger partial charge in [0.15, 0.2) is 19.0 Å². The van der Waals surface area contributed by atoms with Gasteiger partial charge >= 0.3 is 0 Å². The zero-order valence-electron chi connectivity index (χ0n) is 19.0. The predicted octanol–water partition coefficient (Wildman–Crippen LogP) is 3.14. The molecule has 1 aliphatic rings. The molecule has 0 saturated carbocycles. The topological polar surface area (TPSA) is 94.2 Å². The maximum absolute atomic E-state index is 13.1. The van der Waals surface area contributed by atoms with Crippen molar-refractivity contribution in [2.75, 3.05) is 31.8 Å². The minimum Gasteiger partial charge on any atom is -0.497 e. The van der Waals surface area contributed by atoms with Gasteiger partial charge in [0.25, 0.3) is 5.91 Å². The van der Waals surface area contributed by atoms with E-state index in [9.17, 15) is 18.8 Å². The third kappa shape index (κ3) is 5.94. The summed E-state index contributed by atoms with van der Waals surface area (Å²) in [5.74, 6) is -0.0213. The third-order valence-corrected chi connectivity index (χ3v) is 5.34. The monoisotopic (exact) mass is 478 g/mol. The Bertz CT molecular complexity index is 1240. The van der Waals surface area contributed by atoms with Gasteiger partial charge in [0.1, 0.15) is 29.6 Å². The number of carbonyl (C=O) groups excluding carboxylic acids is 3. The molecule has 3 aromatic carbocycles. The molecule has 0 radical (unpaired) electrons. The summed E-state index contributed by atoms with van der Waals surface area (Å²) in [6.07, 6.45) is 0. The van der Waals surface area contributed by atoms with Gasteiger partial charge in [0.2, 0.25) is 5.91 Å². The van der Waals surface area contributed by atoms with Crippen LogP contribution in [0.3, 0.4) is 0 Å². The van der Waals surface area contributed by atoms with Crippen LogP contribution in [0.1, 0.15) is 15.9 Å². The first-order chi connectivity index (χ1) is 16.9. The number of fused-ring (bicyclic) bond motifs is 1. The molecule has 180 valence electrons. The Hall–Kier alpha value is -4.40. The van der Waals surface area contributed by atoms with E-state index in [0.29, 0.717) is 28.5 Å². The van der Waals surface area contributed by atoms with E-state index >= 15 is 0 Å². The lowest BCUT2D eigenvalue weighted by Gasteiger charge is -2.29. The molecule has 4 rings (SSSR count). The van der Waals surface area contributed by atoms with Crippen LogP contribution in [0.25, 0.3) is 0 Å². The molecule has 3 aromatic rings. The fourth-order valence-electron chi connectivity index (χ4n) is 3.47. The van der Waals surface area contributed by atoms with Gasteiger partial charge in [-0.15, -0.1) is 0 Å². The van der Waals surface area contributed by atoms with Crippen LogP contribution < -0.4 is 24.4 Å². The summed E-state index contributed by atoms with van der Waals surface area (Å²) < 4.78 is 29.2. The number of benzene rings is 3. The lowest BCUT2D eigenvalue weighted by Crippen LogP contribution is -2.45. The molecule has 1 N–H and O–H groups in total. The van der Waals surface area contributed by atoms with Crippen molar-refractivity contribution >= 4 is 23.3 Å². The first-order valence-electron chi connectivity index (χ1n) is 10.8. The number of carbonyl (C=O) groups is 3. The summed E-state index contributed by atoms with van der Waals surface area (Å²) in [4.78, 5) is 39.1. The average Bonchev–Trinajstić information content (AvgIpc) is 2.88. The van der Waals surface area contributed by atoms with Crippen molar-refractivity contribution in [1.82, 2.24) is 5.32 Å². The number of hydrogen-bond acceptors (Lipinski definition) is 6. The van der Waals surface area contributed by atoms with Crippen LogP contribution >= 0.6 is 0 Å². The number of ether oxygens (including phenoxy) is 3. The number of anilines is 1. The molecule has 0 atom stereocenters. The molecular weight excluding hydrogens is 455 g/mol. The van der Waals surface area contributed by atoms with Crippen molar-refractivity contribution < 1.29 is 33.0 Å². The number of halogens is 1. The first kappa shape index (κ1) is 23.7. The van der Waals surface area contributed by atoms with Crippen molar-refractivity contribution in [1.29, 1.82) is 0 Å². The van der Waals surface area contributed by atoms with Crippen LogP contribution in [0, 0.1) is 5.82 Å². The Labute approximate surface area is 201 Å². The maximum atomic E-state index is 13.1. The van der Waals surface area contributed by atoms with Gasteiger partial charge in [0.05, 0.1) is 12.8 Å². The van der Waals surface area contributed by atoms with Crippen LogP contribution in [0.4, 0.5) is 10.1 Å². The van der Waals surface area contributed by atoms with Crippen molar-refractivity contribution in [3.05, 3.63) is 83.7 Å². The number of Topliss-reactive ketones (excluding diaryl/α,β-unsaturated/α-hetero) is 1. The number of hydrogen-bond donors (Lipinski definition) is 1. The van der Waals surface area contributed by atoms with E-state index in [2.05, 4.69) is 5.32 Å². The van der Waals surface area contributed by atoms with Crippen molar-refractivity contribution in [2.45, 2.75) is 6.54 Å². The standard InChI is InChI=1S/C26H23FN2O6/c1-33-20-3-2-4-21(12-20)34-15-23(30)18-7-10-24-22(11-18)29(26(32)16-35-24)14-25(31)28-13-17-5-8-19(27)9-6-17/h2-12H,13-16H2,1H3,(H,28,31). The molecule has 0 bridgehead atoms. The molecule has 8 nitrogen and oxygen atoms in total. The summed E-state index contributed by atoms with van der Waals surface area (Å²) in [7, 11) is 1.54. The molecule has 1 aliphatic heterocycles. The number of nitrogens with zero attached hydrogens (tertiary/aromatic N) is 1. The smallest absolute Gasteiger partial charge is 0.265 e. The Balaban J connectivity index is 1.42. The van der Waals surface area contributed by atoms with E-state index in [1.807, 2.05) is 0 Å². The fourth-order valence-corrected chi connectivity index (χ4v) is 3.47. The van der Waals surface area contributed by atoms with E-state index in [-0.39, 0.29) is 37.9 Å². The summed E-state index contributed by atoms with van der Waals surface area (Å²) in [5, 5.41) is 2.71. The molecule has 0 saturated heterocycles. The Morgan fingerprint density at radius 2 is 1.83 bits per heavy atom. The SMILES string of the molecule is COc1cccc(OCC(=O)c2ccc3c(c2)N(CC(=O)NCc2ccc(F)cc2)C(=O)CO3)c1. The van der Waals surface area contributed by atoms with E-state index in [4.69, 9.17) is 14.2 Å². The molecule has 0 aromatic heterocycles. The van der Waals surface area contributed by atoms with E-state index in [1.165, 1.54) is 30.2 Å². The van der Waals surface area contributed by atoms with Crippen molar-refractivity contribution in [2.24, 2.45) is 0 Å². The zero-order chi connectivity index (χ0) is 24.8. The lowest BCUT2D eigenvalue weighted by atomic mass is 10.1. The van der Waals surface area contributed by atoms with Gasteiger partial charge in [0, 0.05) is 18.2 Å². The van der Waals surface area contributed by atoms with Crippen molar-refractivity contribution in [3.8, 4) is 17.2 Å². The zero-order valence-corrected chi connectivity index (χ0v) is 19.0. The molecule has 9 heteroatoms. The normalized spacial score (nSPS) is 12.4. The van der Waals surface area contributed by atoms with E-state index < -0.39 is 11.8 Å². The number of amides is 2. The molecule has 0 spiro atoms. The Morgan fingerprint density at radius 3 is 2.60 bits per heavy atom. The van der Waals surface area contributed by atoms with Gasteiger partial charge in [-0.05, 0) is 48.0 Å². The summed E-state index contributed by atoms with van der Waals surface area (Å²) >= 11 is 0. The molecule has 1 heterocycles. The quantitative estimate of drug-likeness (QED) is 0.475. The molecule has 0 fully saturated rings. The fraction of sp³-hybridized carbons (Fsp3) is 0.192. The summed E-state index contributed by atoms with van der Waals surface area (Å²) in [6.45, 7) is -0.512. The third-order valence-electron chi connectivity index (χ3n) is 5.34. The Morgan fingerprint density at radius 1 is 1.06 bits per heavy atom. The van der Waals surface area contributed by atoms with Gasteiger partial charge in [-0.25, -0.2) is 4.39 Å². The van der Waals surface area contributed by atoms with Crippen LogP contribution in [0.2, 0.25) is 0 Å². The van der Waals surface area contributed by atoms with Gasteiger partial charge in [-0.1, -0.05) is 18.2 Å². The van der Waals surface area contributed by atoms with Crippen molar-refractivity contribution in [3.63, 3.8) is 0 Å². The van der Waals surface area contributed by atoms with Crippen LogP contribution in [0.15, 0.2) is 66.7 Å². The second-order valence-corrected chi connectivity index (χ2v) is 7.75. The van der Waals surface area contributed by atoms with Crippen LogP contribution in [-0.2, 0) is 16.1 Å².